The van der Waals surface area contributed by atoms with E-state index in [1.165, 1.54) is 0 Å². The van der Waals surface area contributed by atoms with Crippen LogP contribution in [0.1, 0.15) is 20.8 Å². The second-order valence-electron chi connectivity index (χ2n) is 7.03. The van der Waals surface area contributed by atoms with Crippen molar-refractivity contribution in [3.8, 4) is 0 Å². The summed E-state index contributed by atoms with van der Waals surface area (Å²) in [6.07, 6.45) is -1.05. The lowest BCUT2D eigenvalue weighted by molar-refractivity contribution is -0.809. The summed E-state index contributed by atoms with van der Waals surface area (Å²) in [5.41, 5.74) is -3.38. The number of alkyl carbamates (subject to hydrolysis) is 1. The number of hydrogen-bond donors (Lipinski definition) is 2. The lowest BCUT2D eigenvalue weighted by atomic mass is 10.0. The van der Waals surface area contributed by atoms with Crippen LogP contribution in [0.25, 0.3) is 0 Å². The summed E-state index contributed by atoms with van der Waals surface area (Å²) in [4.78, 5) is 55.0. The predicted octanol–water partition coefficient (Wildman–Crippen LogP) is -1.20. The fraction of sp³-hybridized carbons (Fsp3) is 0.769. The average molecular weight is 424 g/mol. The molecule has 2 amide bonds. The molecule has 15 heteroatoms. The van der Waals surface area contributed by atoms with E-state index >= 15 is 0 Å². The maximum absolute atomic E-state index is 12.0. The van der Waals surface area contributed by atoms with E-state index in [9.17, 15) is 38.8 Å². The Morgan fingerprint density at radius 2 is 1.75 bits per heavy atom. The highest BCUT2D eigenvalue weighted by Gasteiger charge is 2.67. The number of carboxylic acids is 1. The van der Waals surface area contributed by atoms with Gasteiger partial charge in [-0.2, -0.15) is 0 Å². The predicted molar refractivity (Wildman–Crippen MR) is 92.0 cm³/mol. The van der Waals surface area contributed by atoms with E-state index in [0.29, 0.717) is 0 Å². The zero-order valence-corrected chi connectivity index (χ0v) is 16.1. The summed E-state index contributed by atoms with van der Waals surface area (Å²) in [6, 6.07) is -1.60. The molecular weight excluding hydrogens is 404 g/mol. The Kier molecular flexibility index (Phi) is 7.00. The lowest BCUT2D eigenvalue weighted by Crippen LogP contribution is -2.71. The van der Waals surface area contributed by atoms with E-state index in [-0.39, 0.29) is 0 Å². The Hall–Kier alpha value is -2.84. The van der Waals surface area contributed by atoms with Crippen LogP contribution in [0.2, 0.25) is 0 Å². The summed E-state index contributed by atoms with van der Waals surface area (Å²) >= 11 is 0. The first kappa shape index (κ1) is 23.2. The molecule has 0 aliphatic carbocycles. The first-order valence-electron chi connectivity index (χ1n) is 7.82. The minimum absolute atomic E-state index is 0.621. The van der Waals surface area contributed by atoms with E-state index in [1.807, 2.05) is 5.32 Å². The van der Waals surface area contributed by atoms with Crippen LogP contribution in [0.5, 0.6) is 0 Å². The topological polar surface area (TPSA) is 199 Å². The van der Waals surface area contributed by atoms with E-state index in [0.717, 1.165) is 4.90 Å². The van der Waals surface area contributed by atoms with E-state index in [1.54, 1.807) is 20.8 Å². The Labute approximate surface area is 160 Å². The molecule has 0 aromatic carbocycles. The van der Waals surface area contributed by atoms with Gasteiger partial charge < -0.3 is 20.1 Å². The van der Waals surface area contributed by atoms with Crippen LogP contribution < -0.4 is 5.32 Å². The molecule has 1 rings (SSSR count). The normalized spacial score (nSPS) is 17.6. The van der Waals surface area contributed by atoms with E-state index < -0.39 is 80.5 Å². The van der Waals surface area contributed by atoms with Crippen molar-refractivity contribution in [2.45, 2.75) is 38.1 Å². The first-order valence-corrected chi connectivity index (χ1v) is 9.31. The van der Waals surface area contributed by atoms with E-state index in [4.69, 9.17) is 9.84 Å². The van der Waals surface area contributed by atoms with Gasteiger partial charge in [-0.25, -0.2) is 9.59 Å². The molecule has 0 aromatic heterocycles. The van der Waals surface area contributed by atoms with Crippen LogP contribution in [0.3, 0.4) is 0 Å². The molecular formula is C13H20N4O10S. The van der Waals surface area contributed by atoms with Crippen molar-refractivity contribution in [2.75, 3.05) is 24.6 Å². The number of nitro groups is 2. The SMILES string of the molecule is CC(C)(C)OC(=O)N[C@@H](CS(=O)CC(=O)N1CC([N+](=O)[O-])([N+](=O)[O-])C1)C(=O)O. The summed E-state index contributed by atoms with van der Waals surface area (Å²) in [7, 11) is -2.06. The van der Waals surface area contributed by atoms with Crippen molar-refractivity contribution in [1.82, 2.24) is 10.2 Å². The number of ether oxygens (including phenoxy) is 1. The molecule has 28 heavy (non-hydrogen) atoms. The van der Waals surface area contributed by atoms with Crippen molar-refractivity contribution < 1.29 is 38.3 Å². The number of likely N-dealkylation sites (tertiary alicyclic amines) is 1. The van der Waals surface area contributed by atoms with Gasteiger partial charge in [-0.05, 0) is 20.8 Å². The molecule has 1 unspecified atom stereocenters. The second-order valence-corrected chi connectivity index (χ2v) is 8.54. The fourth-order valence-corrected chi connectivity index (χ4v) is 3.31. The van der Waals surface area contributed by atoms with Gasteiger partial charge in [0, 0.05) is 10.8 Å². The largest absolute Gasteiger partial charge is 0.492 e. The van der Waals surface area contributed by atoms with Crippen molar-refractivity contribution in [3.05, 3.63) is 20.2 Å². The van der Waals surface area contributed by atoms with Gasteiger partial charge in [0.15, 0.2) is 13.1 Å². The van der Waals surface area contributed by atoms with Crippen LogP contribution in [-0.4, -0.2) is 83.9 Å². The maximum Gasteiger partial charge on any atom is 0.492 e. The van der Waals surface area contributed by atoms with Gasteiger partial charge >= 0.3 is 17.7 Å². The highest BCUT2D eigenvalue weighted by atomic mass is 32.2. The van der Waals surface area contributed by atoms with Crippen LogP contribution >= 0.6 is 0 Å². The number of carbonyl (C=O) groups is 3. The third-order valence-corrected chi connectivity index (χ3v) is 4.82. The average Bonchev–Trinajstić information content (AvgIpc) is 2.41. The molecule has 0 saturated carbocycles. The highest BCUT2D eigenvalue weighted by Crippen LogP contribution is 2.25. The molecule has 0 bridgehead atoms. The van der Waals surface area contributed by atoms with Crippen LogP contribution in [-0.2, 0) is 25.1 Å². The molecule has 158 valence electrons. The standard InChI is InChI=1S/C13H20N4O10S/c1-12(2,3)27-11(21)14-8(10(19)20)4-28(26)5-9(18)15-6-13(7-15,16(22)23)17(24)25/h8H,4-7H2,1-3H3,(H,14,21)(H,19,20)/t8-,28?/m0/s1. The summed E-state index contributed by atoms with van der Waals surface area (Å²) in [5.74, 6) is -3.69. The van der Waals surface area contributed by atoms with Gasteiger partial charge in [-0.1, -0.05) is 0 Å². The van der Waals surface area contributed by atoms with Crippen molar-refractivity contribution >= 4 is 28.8 Å². The third kappa shape index (κ3) is 5.83. The Bertz CT molecular complexity index is 697. The third-order valence-electron chi connectivity index (χ3n) is 3.55. The minimum atomic E-state index is -2.49. The first-order chi connectivity index (χ1) is 12.7. The van der Waals surface area contributed by atoms with Crippen molar-refractivity contribution in [2.24, 2.45) is 0 Å². The maximum atomic E-state index is 12.0. The minimum Gasteiger partial charge on any atom is -0.480 e. The molecule has 1 fully saturated rings. The monoisotopic (exact) mass is 424 g/mol. The molecule has 14 nitrogen and oxygen atoms in total. The number of rotatable bonds is 8. The number of carbonyl (C=O) groups excluding carboxylic acids is 2. The Morgan fingerprint density at radius 1 is 1.25 bits per heavy atom. The number of nitrogens with zero attached hydrogens (tertiary/aromatic N) is 3. The number of amides is 2. The molecule has 1 saturated heterocycles. The van der Waals surface area contributed by atoms with E-state index in [2.05, 4.69) is 0 Å². The fourth-order valence-electron chi connectivity index (χ4n) is 2.14. The Balaban J connectivity index is 2.61. The molecule has 0 spiro atoms. The zero-order valence-electron chi connectivity index (χ0n) is 15.3. The smallest absolute Gasteiger partial charge is 0.480 e. The van der Waals surface area contributed by atoms with Gasteiger partial charge in [-0.15, -0.1) is 0 Å². The van der Waals surface area contributed by atoms with Gasteiger partial charge in [0.25, 0.3) is 0 Å². The second kappa shape index (κ2) is 8.45. The molecule has 1 aliphatic heterocycles. The summed E-state index contributed by atoms with van der Waals surface area (Å²) in [6.45, 7) is 3.12. The molecule has 0 radical (unpaired) electrons. The molecule has 2 atom stereocenters. The van der Waals surface area contributed by atoms with Crippen LogP contribution in [0.4, 0.5) is 4.79 Å². The quantitative estimate of drug-likeness (QED) is 0.271. The summed E-state index contributed by atoms with van der Waals surface area (Å²) < 4.78 is 16.9. The highest BCUT2D eigenvalue weighted by molar-refractivity contribution is 7.85. The Morgan fingerprint density at radius 3 is 2.14 bits per heavy atom. The molecule has 1 aliphatic rings. The molecule has 0 aromatic rings. The molecule has 2 N–H and O–H groups in total. The molecule has 1 heterocycles. The van der Waals surface area contributed by atoms with Gasteiger partial charge in [0.2, 0.25) is 5.91 Å². The summed E-state index contributed by atoms with van der Waals surface area (Å²) in [5, 5.41) is 32.7. The lowest BCUT2D eigenvalue weighted by Gasteiger charge is -2.35. The number of carboxylic acid groups (broad SMARTS) is 1. The van der Waals surface area contributed by atoms with Gasteiger partial charge in [0.05, 0.1) is 5.75 Å². The number of hydrogen-bond acceptors (Lipinski definition) is 9. The van der Waals surface area contributed by atoms with Crippen LogP contribution in [0, 0.1) is 20.2 Å². The zero-order chi connectivity index (χ0) is 21.9. The van der Waals surface area contributed by atoms with Crippen molar-refractivity contribution in [1.29, 1.82) is 0 Å². The number of aliphatic carboxylic acids is 1. The number of nitrogens with one attached hydrogen (secondary N) is 1. The van der Waals surface area contributed by atoms with Crippen molar-refractivity contribution in [3.63, 3.8) is 0 Å². The van der Waals surface area contributed by atoms with Gasteiger partial charge in [0.1, 0.15) is 27.2 Å². The van der Waals surface area contributed by atoms with Gasteiger partial charge in [-0.3, -0.25) is 29.2 Å². The van der Waals surface area contributed by atoms with Crippen LogP contribution in [0.15, 0.2) is 0 Å².